The Morgan fingerprint density at radius 3 is 2.38 bits per heavy atom. The van der Waals surface area contributed by atoms with Gasteiger partial charge in [0, 0.05) is 30.7 Å². The van der Waals surface area contributed by atoms with Crippen LogP contribution < -0.4 is 15.4 Å². The molecule has 0 spiro atoms. The topological polar surface area (TPSA) is 100 Å². The lowest BCUT2D eigenvalue weighted by Gasteiger charge is -2.09. The Bertz CT molecular complexity index is 803. The van der Waals surface area contributed by atoms with Crippen LogP contribution in [0.1, 0.15) is 18.4 Å². The molecule has 3 N–H and O–H groups in total. The first-order valence-corrected chi connectivity index (χ1v) is 9.07. The van der Waals surface area contributed by atoms with Crippen molar-refractivity contribution < 1.29 is 13.2 Å². The van der Waals surface area contributed by atoms with Crippen LogP contribution in [0.25, 0.3) is 0 Å². The van der Waals surface area contributed by atoms with Gasteiger partial charge in [0.05, 0.1) is 4.90 Å². The summed E-state index contributed by atoms with van der Waals surface area (Å²) >= 11 is 0. The highest BCUT2D eigenvalue weighted by Gasteiger charge is 2.27. The third-order valence-corrected chi connectivity index (χ3v) is 5.06. The van der Waals surface area contributed by atoms with Crippen LogP contribution >= 0.6 is 0 Å². The summed E-state index contributed by atoms with van der Waals surface area (Å²) < 4.78 is 26.7. The molecule has 0 atom stereocenters. The van der Waals surface area contributed by atoms with Gasteiger partial charge in [0.2, 0.25) is 10.0 Å². The number of amides is 2. The van der Waals surface area contributed by atoms with E-state index in [1.54, 1.807) is 24.5 Å². The zero-order chi connectivity index (χ0) is 17.0. The van der Waals surface area contributed by atoms with Crippen LogP contribution in [0.15, 0.2) is 53.7 Å². The van der Waals surface area contributed by atoms with Crippen molar-refractivity contribution in [1.82, 2.24) is 15.0 Å². The van der Waals surface area contributed by atoms with Crippen LogP contribution in [0, 0.1) is 0 Å². The minimum Gasteiger partial charge on any atom is -0.334 e. The average molecular weight is 346 g/mol. The quantitative estimate of drug-likeness (QED) is 0.743. The van der Waals surface area contributed by atoms with E-state index in [1.165, 1.54) is 12.1 Å². The number of hydrogen-bond acceptors (Lipinski definition) is 4. The second kappa shape index (κ2) is 6.98. The highest BCUT2D eigenvalue weighted by molar-refractivity contribution is 7.89. The molecule has 0 unspecified atom stereocenters. The van der Waals surface area contributed by atoms with Gasteiger partial charge >= 0.3 is 6.03 Å². The molecule has 1 saturated carbocycles. The molecule has 8 heteroatoms. The highest BCUT2D eigenvalue weighted by atomic mass is 32.2. The van der Waals surface area contributed by atoms with E-state index in [-0.39, 0.29) is 17.0 Å². The van der Waals surface area contributed by atoms with Gasteiger partial charge in [0.15, 0.2) is 0 Å². The summed E-state index contributed by atoms with van der Waals surface area (Å²) in [6.07, 6.45) is 5.08. The maximum Gasteiger partial charge on any atom is 0.319 e. The van der Waals surface area contributed by atoms with Gasteiger partial charge in [-0.05, 0) is 54.8 Å². The van der Waals surface area contributed by atoms with Crippen molar-refractivity contribution in [3.8, 4) is 0 Å². The number of aromatic nitrogens is 1. The Morgan fingerprint density at radius 1 is 1.08 bits per heavy atom. The molecule has 0 bridgehead atoms. The lowest BCUT2D eigenvalue weighted by Crippen LogP contribution is -2.28. The number of carbonyl (C=O) groups is 1. The minimum atomic E-state index is -3.47. The van der Waals surface area contributed by atoms with E-state index < -0.39 is 10.0 Å². The number of pyridine rings is 1. The van der Waals surface area contributed by atoms with Crippen LogP contribution in [0.2, 0.25) is 0 Å². The van der Waals surface area contributed by atoms with Crippen molar-refractivity contribution >= 4 is 21.7 Å². The molecule has 1 aromatic carbocycles. The lowest BCUT2D eigenvalue weighted by atomic mass is 10.3. The van der Waals surface area contributed by atoms with Gasteiger partial charge in [-0.2, -0.15) is 0 Å². The van der Waals surface area contributed by atoms with Gasteiger partial charge in [-0.25, -0.2) is 17.9 Å². The number of benzene rings is 1. The number of carbonyl (C=O) groups excluding carboxylic acids is 1. The molecular formula is C16H18N4O3S. The summed E-state index contributed by atoms with van der Waals surface area (Å²) in [5.41, 5.74) is 1.46. The number of nitrogens with zero attached hydrogens (tertiary/aromatic N) is 1. The maximum atomic E-state index is 12.1. The summed E-state index contributed by atoms with van der Waals surface area (Å²) in [6.45, 7) is 0.381. The fraction of sp³-hybridized carbons (Fsp3) is 0.250. The molecule has 2 aromatic rings. The molecule has 3 rings (SSSR count). The number of nitrogens with one attached hydrogen (secondary N) is 3. The smallest absolute Gasteiger partial charge is 0.319 e. The Balaban J connectivity index is 1.54. The molecule has 1 fully saturated rings. The molecule has 24 heavy (non-hydrogen) atoms. The predicted octanol–water partition coefficient (Wildman–Crippen LogP) is 1.84. The van der Waals surface area contributed by atoms with Gasteiger partial charge in [0.25, 0.3) is 0 Å². The van der Waals surface area contributed by atoms with E-state index in [1.807, 2.05) is 12.1 Å². The molecule has 126 valence electrons. The normalized spacial score (nSPS) is 14.2. The Hall–Kier alpha value is -2.45. The number of urea groups is 1. The van der Waals surface area contributed by atoms with E-state index in [4.69, 9.17) is 0 Å². The van der Waals surface area contributed by atoms with Crippen LogP contribution in [0.4, 0.5) is 10.5 Å². The Labute approximate surface area is 140 Å². The summed E-state index contributed by atoms with van der Waals surface area (Å²) in [6, 6.07) is 9.40. The predicted molar refractivity (Wildman–Crippen MR) is 89.9 cm³/mol. The van der Waals surface area contributed by atoms with Gasteiger partial charge in [-0.3, -0.25) is 4.98 Å². The van der Waals surface area contributed by atoms with Crippen molar-refractivity contribution in [2.75, 3.05) is 5.32 Å². The van der Waals surface area contributed by atoms with E-state index in [0.29, 0.717) is 12.2 Å². The van der Waals surface area contributed by atoms with Crippen LogP contribution in [0.5, 0.6) is 0 Å². The maximum absolute atomic E-state index is 12.1. The van der Waals surface area contributed by atoms with Gasteiger partial charge in [-0.1, -0.05) is 0 Å². The molecule has 7 nitrogen and oxygen atoms in total. The van der Waals surface area contributed by atoms with Gasteiger partial charge in [-0.15, -0.1) is 0 Å². The number of rotatable bonds is 6. The van der Waals surface area contributed by atoms with Gasteiger partial charge in [0.1, 0.15) is 0 Å². The van der Waals surface area contributed by atoms with E-state index in [2.05, 4.69) is 20.3 Å². The average Bonchev–Trinajstić information content (AvgIpc) is 3.38. The van der Waals surface area contributed by atoms with Crippen molar-refractivity contribution in [3.63, 3.8) is 0 Å². The summed E-state index contributed by atoms with van der Waals surface area (Å²) in [4.78, 5) is 16.0. The molecular weight excluding hydrogens is 328 g/mol. The Morgan fingerprint density at radius 2 is 1.75 bits per heavy atom. The first-order chi connectivity index (χ1) is 11.5. The number of sulfonamides is 1. The molecule has 0 saturated heterocycles. The molecule has 2 amide bonds. The molecule has 1 aromatic heterocycles. The fourth-order valence-corrected chi connectivity index (χ4v) is 3.37. The summed E-state index contributed by atoms with van der Waals surface area (Å²) in [5.74, 6) is 0. The SMILES string of the molecule is O=C(NCc1ccncc1)Nc1ccc(S(=O)(=O)NC2CC2)cc1. The second-order valence-electron chi connectivity index (χ2n) is 5.58. The molecule has 1 aliphatic carbocycles. The highest BCUT2D eigenvalue weighted by Crippen LogP contribution is 2.22. The van der Waals surface area contributed by atoms with Crippen molar-refractivity contribution in [2.45, 2.75) is 30.3 Å². The summed E-state index contributed by atoms with van der Waals surface area (Å²) in [7, 11) is -3.47. The van der Waals surface area contributed by atoms with E-state index in [9.17, 15) is 13.2 Å². The van der Waals surface area contributed by atoms with E-state index in [0.717, 1.165) is 18.4 Å². The molecule has 0 aliphatic heterocycles. The third-order valence-electron chi connectivity index (χ3n) is 3.52. The molecule has 1 aliphatic rings. The van der Waals surface area contributed by atoms with Crippen LogP contribution in [-0.4, -0.2) is 25.5 Å². The zero-order valence-corrected chi connectivity index (χ0v) is 13.7. The van der Waals surface area contributed by atoms with Crippen molar-refractivity contribution in [1.29, 1.82) is 0 Å². The largest absolute Gasteiger partial charge is 0.334 e. The first-order valence-electron chi connectivity index (χ1n) is 7.59. The second-order valence-corrected chi connectivity index (χ2v) is 7.30. The van der Waals surface area contributed by atoms with Gasteiger partial charge < -0.3 is 10.6 Å². The number of hydrogen-bond donors (Lipinski definition) is 3. The van der Waals surface area contributed by atoms with E-state index >= 15 is 0 Å². The molecule has 0 radical (unpaired) electrons. The lowest BCUT2D eigenvalue weighted by molar-refractivity contribution is 0.251. The Kier molecular flexibility index (Phi) is 4.77. The monoisotopic (exact) mass is 346 g/mol. The summed E-state index contributed by atoms with van der Waals surface area (Å²) in [5, 5.41) is 5.38. The minimum absolute atomic E-state index is 0.0618. The number of anilines is 1. The van der Waals surface area contributed by atoms with Crippen LogP contribution in [0.3, 0.4) is 0 Å². The van der Waals surface area contributed by atoms with Crippen LogP contribution in [-0.2, 0) is 16.6 Å². The standard InChI is InChI=1S/C16H18N4O3S/c21-16(18-11-12-7-9-17-10-8-12)19-13-3-5-15(6-4-13)24(22,23)20-14-1-2-14/h3-10,14,20H,1-2,11H2,(H2,18,19,21). The third kappa shape index (κ3) is 4.53. The zero-order valence-electron chi connectivity index (χ0n) is 12.9. The van der Waals surface area contributed by atoms with Crippen molar-refractivity contribution in [3.05, 3.63) is 54.4 Å². The molecule has 1 heterocycles. The fourth-order valence-electron chi connectivity index (χ4n) is 2.06. The first kappa shape index (κ1) is 16.4. The van der Waals surface area contributed by atoms with Crippen molar-refractivity contribution in [2.24, 2.45) is 0 Å².